The summed E-state index contributed by atoms with van der Waals surface area (Å²) in [5.41, 5.74) is 1.30. The molecule has 1 aliphatic heterocycles. The standard InChI is InChI=1S/C23H31FN2O2/c1-18(19-7-4-3-5-8-19)25-22-13-15-26(17-23(22)27-2)14-6-16-28-21-11-9-20(24)10-12-21/h3-5,7-12,18,22-23,25H,6,13-17H2,1-2H3/t18?,22-,23+/m0/s1. The van der Waals surface area contributed by atoms with E-state index in [0.717, 1.165) is 32.5 Å². The third kappa shape index (κ3) is 6.03. The molecule has 1 saturated heterocycles. The van der Waals surface area contributed by atoms with E-state index >= 15 is 0 Å². The summed E-state index contributed by atoms with van der Waals surface area (Å²) in [6.07, 6.45) is 2.18. The second-order valence-corrected chi connectivity index (χ2v) is 7.42. The van der Waals surface area contributed by atoms with E-state index in [4.69, 9.17) is 9.47 Å². The largest absolute Gasteiger partial charge is 0.494 e. The van der Waals surface area contributed by atoms with Gasteiger partial charge in [-0.1, -0.05) is 30.3 Å². The maximum atomic E-state index is 12.9. The molecule has 2 aromatic rings. The average molecular weight is 387 g/mol. The van der Waals surface area contributed by atoms with Crippen LogP contribution in [0.3, 0.4) is 0 Å². The Morgan fingerprint density at radius 1 is 1.14 bits per heavy atom. The molecule has 0 bridgehead atoms. The summed E-state index contributed by atoms with van der Waals surface area (Å²) >= 11 is 0. The van der Waals surface area contributed by atoms with E-state index in [9.17, 15) is 4.39 Å². The molecule has 1 N–H and O–H groups in total. The molecule has 0 radical (unpaired) electrons. The van der Waals surface area contributed by atoms with Crippen LogP contribution < -0.4 is 10.1 Å². The monoisotopic (exact) mass is 386 g/mol. The minimum absolute atomic E-state index is 0.179. The van der Waals surface area contributed by atoms with E-state index in [1.165, 1.54) is 17.7 Å². The first-order valence-electron chi connectivity index (χ1n) is 10.1. The number of rotatable bonds is 9. The van der Waals surface area contributed by atoms with Crippen molar-refractivity contribution in [3.05, 3.63) is 66.0 Å². The minimum Gasteiger partial charge on any atom is -0.494 e. The molecule has 1 aliphatic rings. The first-order chi connectivity index (χ1) is 13.7. The number of hydrogen-bond donors (Lipinski definition) is 1. The van der Waals surface area contributed by atoms with Crippen LogP contribution >= 0.6 is 0 Å². The molecule has 0 aliphatic carbocycles. The molecule has 3 atom stereocenters. The third-order valence-electron chi connectivity index (χ3n) is 5.41. The second-order valence-electron chi connectivity index (χ2n) is 7.42. The van der Waals surface area contributed by atoms with Crippen molar-refractivity contribution in [2.75, 3.05) is 33.4 Å². The van der Waals surface area contributed by atoms with Gasteiger partial charge in [-0.15, -0.1) is 0 Å². The van der Waals surface area contributed by atoms with Crippen LogP contribution in [0.2, 0.25) is 0 Å². The summed E-state index contributed by atoms with van der Waals surface area (Å²) in [5.74, 6) is 0.477. The lowest BCUT2D eigenvalue weighted by atomic mass is 9.99. The van der Waals surface area contributed by atoms with Crippen LogP contribution in [0.5, 0.6) is 5.75 Å². The predicted molar refractivity (Wildman–Crippen MR) is 110 cm³/mol. The van der Waals surface area contributed by atoms with E-state index < -0.39 is 0 Å². The fourth-order valence-corrected chi connectivity index (χ4v) is 3.78. The van der Waals surface area contributed by atoms with E-state index in [2.05, 4.69) is 41.4 Å². The van der Waals surface area contributed by atoms with Crippen LogP contribution in [0, 0.1) is 5.82 Å². The minimum atomic E-state index is -0.240. The number of methoxy groups -OCH3 is 1. The van der Waals surface area contributed by atoms with E-state index in [0.29, 0.717) is 24.4 Å². The number of nitrogens with zero attached hydrogens (tertiary/aromatic N) is 1. The molecule has 0 aromatic heterocycles. The van der Waals surface area contributed by atoms with Gasteiger partial charge in [-0.3, -0.25) is 0 Å². The normalized spacial score (nSPS) is 21.4. The van der Waals surface area contributed by atoms with Crippen LogP contribution in [0.15, 0.2) is 54.6 Å². The molecule has 152 valence electrons. The molecule has 4 nitrogen and oxygen atoms in total. The maximum Gasteiger partial charge on any atom is 0.123 e. The van der Waals surface area contributed by atoms with Crippen molar-refractivity contribution in [2.24, 2.45) is 0 Å². The first-order valence-corrected chi connectivity index (χ1v) is 10.1. The molecule has 1 unspecified atom stereocenters. The molecule has 0 saturated carbocycles. The maximum absolute atomic E-state index is 12.9. The highest BCUT2D eigenvalue weighted by atomic mass is 19.1. The van der Waals surface area contributed by atoms with Gasteiger partial charge in [0.05, 0.1) is 12.7 Å². The molecule has 28 heavy (non-hydrogen) atoms. The zero-order valence-electron chi connectivity index (χ0n) is 16.8. The van der Waals surface area contributed by atoms with Crippen molar-refractivity contribution >= 4 is 0 Å². The van der Waals surface area contributed by atoms with Gasteiger partial charge >= 0.3 is 0 Å². The van der Waals surface area contributed by atoms with Crippen molar-refractivity contribution in [2.45, 2.75) is 38.0 Å². The highest BCUT2D eigenvalue weighted by molar-refractivity contribution is 5.22. The summed E-state index contributed by atoms with van der Waals surface area (Å²) in [7, 11) is 1.80. The van der Waals surface area contributed by atoms with Gasteiger partial charge in [-0.05, 0) is 56.1 Å². The Hall–Kier alpha value is -1.95. The Bertz CT molecular complexity index is 696. The molecule has 0 spiro atoms. The van der Waals surface area contributed by atoms with Gasteiger partial charge in [0, 0.05) is 32.3 Å². The number of ether oxygens (including phenoxy) is 2. The summed E-state index contributed by atoms with van der Waals surface area (Å²) in [4.78, 5) is 2.44. The fourth-order valence-electron chi connectivity index (χ4n) is 3.78. The second kappa shape index (κ2) is 10.6. The topological polar surface area (TPSA) is 33.7 Å². The summed E-state index contributed by atoms with van der Waals surface area (Å²) in [5, 5.41) is 3.74. The molecular formula is C23H31FN2O2. The average Bonchev–Trinajstić information content (AvgIpc) is 2.74. The zero-order chi connectivity index (χ0) is 19.8. The van der Waals surface area contributed by atoms with Crippen LogP contribution in [-0.4, -0.2) is 50.4 Å². The van der Waals surface area contributed by atoms with Crippen LogP contribution in [-0.2, 0) is 4.74 Å². The van der Waals surface area contributed by atoms with Gasteiger partial charge in [0.15, 0.2) is 0 Å². The first kappa shape index (κ1) is 20.8. The molecule has 1 fully saturated rings. The molecule has 3 rings (SSSR count). The van der Waals surface area contributed by atoms with Crippen molar-refractivity contribution in [3.63, 3.8) is 0 Å². The number of likely N-dealkylation sites (tertiary alicyclic amines) is 1. The Kier molecular flexibility index (Phi) is 7.83. The predicted octanol–water partition coefficient (Wildman–Crippen LogP) is 4.03. The fraction of sp³-hybridized carbons (Fsp3) is 0.478. The summed E-state index contributed by atoms with van der Waals surface area (Å²) in [6.45, 7) is 5.79. The molecule has 1 heterocycles. The number of nitrogens with one attached hydrogen (secondary N) is 1. The lowest BCUT2D eigenvalue weighted by Gasteiger charge is -2.39. The van der Waals surface area contributed by atoms with Gasteiger partial charge in [-0.25, -0.2) is 4.39 Å². The van der Waals surface area contributed by atoms with Crippen LogP contribution in [0.25, 0.3) is 0 Å². The van der Waals surface area contributed by atoms with Gasteiger partial charge in [0.1, 0.15) is 11.6 Å². The van der Waals surface area contributed by atoms with E-state index in [-0.39, 0.29) is 11.9 Å². The number of piperidine rings is 1. The lowest BCUT2D eigenvalue weighted by molar-refractivity contribution is 0.00192. The molecule has 2 aromatic carbocycles. The van der Waals surface area contributed by atoms with E-state index in [1.807, 2.05) is 6.07 Å². The molecule has 0 amide bonds. The van der Waals surface area contributed by atoms with Gasteiger partial charge < -0.3 is 19.7 Å². The summed E-state index contributed by atoms with van der Waals surface area (Å²) < 4.78 is 24.4. The Morgan fingerprint density at radius 3 is 2.61 bits per heavy atom. The van der Waals surface area contributed by atoms with E-state index in [1.54, 1.807) is 19.2 Å². The zero-order valence-corrected chi connectivity index (χ0v) is 16.8. The number of benzene rings is 2. The highest BCUT2D eigenvalue weighted by Crippen LogP contribution is 2.19. The summed E-state index contributed by atoms with van der Waals surface area (Å²) in [6, 6.07) is 17.4. The van der Waals surface area contributed by atoms with Crippen LogP contribution in [0.1, 0.15) is 31.4 Å². The van der Waals surface area contributed by atoms with Crippen molar-refractivity contribution < 1.29 is 13.9 Å². The number of hydrogen-bond acceptors (Lipinski definition) is 4. The van der Waals surface area contributed by atoms with Crippen molar-refractivity contribution in [1.29, 1.82) is 0 Å². The van der Waals surface area contributed by atoms with Gasteiger partial charge in [0.2, 0.25) is 0 Å². The SMILES string of the molecule is CO[C@@H]1CN(CCCOc2ccc(F)cc2)CC[C@@H]1NC(C)c1ccccc1. The Morgan fingerprint density at radius 2 is 1.89 bits per heavy atom. The Labute approximate surface area is 167 Å². The van der Waals surface area contributed by atoms with Crippen molar-refractivity contribution in [3.8, 4) is 5.75 Å². The lowest BCUT2D eigenvalue weighted by Crippen LogP contribution is -2.54. The molecule has 5 heteroatoms. The van der Waals surface area contributed by atoms with Gasteiger partial charge in [-0.2, -0.15) is 0 Å². The number of halogens is 1. The smallest absolute Gasteiger partial charge is 0.123 e. The highest BCUT2D eigenvalue weighted by Gasteiger charge is 2.29. The molecular weight excluding hydrogens is 355 g/mol. The van der Waals surface area contributed by atoms with Gasteiger partial charge in [0.25, 0.3) is 0 Å². The quantitative estimate of drug-likeness (QED) is 0.660. The third-order valence-corrected chi connectivity index (χ3v) is 5.41. The van der Waals surface area contributed by atoms with Crippen molar-refractivity contribution in [1.82, 2.24) is 10.2 Å². The van der Waals surface area contributed by atoms with Crippen LogP contribution in [0.4, 0.5) is 4.39 Å². The Balaban J connectivity index is 1.40.